The number of halogens is 1. The second-order valence-electron chi connectivity index (χ2n) is 13.1. The van der Waals surface area contributed by atoms with E-state index in [9.17, 15) is 42.3 Å². The van der Waals surface area contributed by atoms with Crippen molar-refractivity contribution in [2.75, 3.05) is 21.5 Å². The number of rotatable bonds is 9. The predicted molar refractivity (Wildman–Crippen MR) is 183 cm³/mol. The molecule has 2 saturated heterocycles. The molecule has 0 saturated carbocycles. The van der Waals surface area contributed by atoms with Gasteiger partial charge in [-0.2, -0.15) is 8.42 Å². The summed E-state index contributed by atoms with van der Waals surface area (Å²) < 4.78 is 43.4. The summed E-state index contributed by atoms with van der Waals surface area (Å²) in [5.41, 5.74) is -0.400. The van der Waals surface area contributed by atoms with Crippen molar-refractivity contribution in [1.82, 2.24) is 29.9 Å². The molecule has 4 heterocycles. The van der Waals surface area contributed by atoms with E-state index in [0.717, 1.165) is 11.0 Å². The summed E-state index contributed by atoms with van der Waals surface area (Å²) in [6.45, 7) is 2.96. The van der Waals surface area contributed by atoms with Crippen LogP contribution in [0.2, 0.25) is 0 Å². The fourth-order valence-corrected chi connectivity index (χ4v) is 7.62. The number of nitrogens with one attached hydrogen (secondary N) is 4. The number of aromatic nitrogens is 3. The number of fused-ring (bicyclic) bond motifs is 2. The first-order valence-corrected chi connectivity index (χ1v) is 17.6. The second kappa shape index (κ2) is 12.7. The van der Waals surface area contributed by atoms with E-state index in [1.807, 2.05) is 0 Å². The van der Waals surface area contributed by atoms with Gasteiger partial charge in [-0.3, -0.25) is 43.7 Å². The fourth-order valence-electron chi connectivity index (χ4n) is 6.45. The number of carbonyl (C=O) groups is 6. The lowest BCUT2D eigenvalue weighted by molar-refractivity contribution is -0.136. The van der Waals surface area contributed by atoms with Gasteiger partial charge in [0.15, 0.2) is 5.82 Å². The molecule has 0 bridgehead atoms. The number of aromatic hydroxyl groups is 1. The van der Waals surface area contributed by atoms with Crippen LogP contribution >= 0.6 is 0 Å². The third kappa shape index (κ3) is 6.26. The van der Waals surface area contributed by atoms with Gasteiger partial charge < -0.3 is 15.7 Å². The van der Waals surface area contributed by atoms with Crippen molar-refractivity contribution < 1.29 is 46.7 Å². The normalized spacial score (nSPS) is 18.3. The summed E-state index contributed by atoms with van der Waals surface area (Å²) >= 11 is 0. The number of phenolic OH excluding ortho intramolecular Hbond substituents is 1. The Hall–Kier alpha value is -6.44. The Labute approximate surface area is 299 Å². The summed E-state index contributed by atoms with van der Waals surface area (Å²) in [5.74, 6) is -5.59. The molecule has 1 aromatic heterocycles. The fraction of sp³-hybridized carbons (Fsp3) is 0.273. The van der Waals surface area contributed by atoms with Gasteiger partial charge >= 0.3 is 10.2 Å². The van der Waals surface area contributed by atoms with E-state index in [2.05, 4.69) is 26.3 Å². The van der Waals surface area contributed by atoms with E-state index in [1.54, 1.807) is 36.9 Å². The molecule has 1 atom stereocenters. The highest BCUT2D eigenvalue weighted by molar-refractivity contribution is 7.92. The van der Waals surface area contributed by atoms with Crippen molar-refractivity contribution >= 4 is 73.5 Å². The van der Waals surface area contributed by atoms with Crippen LogP contribution in [0.4, 0.5) is 21.5 Å². The van der Waals surface area contributed by atoms with Crippen LogP contribution < -0.4 is 25.0 Å². The highest BCUT2D eigenvalue weighted by Gasteiger charge is 2.46. The number of benzene rings is 3. The van der Waals surface area contributed by atoms with E-state index < -0.39 is 81.0 Å². The van der Waals surface area contributed by atoms with Crippen LogP contribution in [-0.4, -0.2) is 81.4 Å². The Morgan fingerprint density at radius 1 is 1.08 bits per heavy atom. The highest BCUT2D eigenvalue weighted by Crippen LogP contribution is 2.39. The van der Waals surface area contributed by atoms with Gasteiger partial charge in [-0.15, -0.1) is 5.10 Å². The molecule has 7 rings (SSSR count). The number of piperidine rings is 1. The average molecular weight is 748 g/mol. The summed E-state index contributed by atoms with van der Waals surface area (Å²) in [4.78, 5) is 76.2. The molecular weight excluding hydrogens is 717 g/mol. The molecule has 0 aliphatic carbocycles. The van der Waals surface area contributed by atoms with E-state index in [0.29, 0.717) is 15.7 Å². The molecule has 3 aromatic carbocycles. The first-order chi connectivity index (χ1) is 25.0. The van der Waals surface area contributed by atoms with Gasteiger partial charge in [0, 0.05) is 29.6 Å². The summed E-state index contributed by atoms with van der Waals surface area (Å²) in [7, 11) is -4.37. The van der Waals surface area contributed by atoms with Crippen molar-refractivity contribution in [3.05, 3.63) is 71.3 Å². The van der Waals surface area contributed by atoms with E-state index in [-0.39, 0.29) is 53.4 Å². The van der Waals surface area contributed by atoms with E-state index >= 15 is 4.39 Å². The highest BCUT2D eigenvalue weighted by atomic mass is 32.2. The van der Waals surface area contributed by atoms with Crippen LogP contribution in [0.1, 0.15) is 59.5 Å². The maximum Gasteiger partial charge on any atom is 0.326 e. The number of anilines is 3. The molecule has 20 heteroatoms. The molecule has 6 amide bonds. The van der Waals surface area contributed by atoms with Gasteiger partial charge in [-0.1, -0.05) is 11.3 Å². The quantitative estimate of drug-likeness (QED) is 0.152. The Bertz CT molecular complexity index is 2410. The number of hydrogen-bond acceptors (Lipinski definition) is 12. The number of phenols is 1. The molecule has 274 valence electrons. The standard InChI is InChI=1S/C33H30FN9O9S/c1-33(2,37-20-5-3-4-19-27(20)32(50)43(31(19)49)21-8-9-24(45)36-30(21)48)23-14-41(40-38-23)11-10-25(46)35-17-6-7-18-16(12-17)13-22(44)29(28(18)34)42-15-26(47)39-53(42,51)52/h3-7,12-14,21,37,44H,8-11,15H2,1-2H3,(H,35,46)(H,39,47)(H,36,45,48). The maximum absolute atomic E-state index is 15.4. The molecule has 0 radical (unpaired) electrons. The van der Waals surface area contributed by atoms with Crippen molar-refractivity contribution in [1.29, 1.82) is 0 Å². The van der Waals surface area contributed by atoms with Crippen molar-refractivity contribution in [3.8, 4) is 5.75 Å². The zero-order valence-electron chi connectivity index (χ0n) is 28.0. The van der Waals surface area contributed by atoms with Crippen LogP contribution in [0.25, 0.3) is 10.8 Å². The second-order valence-corrected chi connectivity index (χ2v) is 14.7. The Morgan fingerprint density at radius 3 is 2.57 bits per heavy atom. The minimum absolute atomic E-state index is 0.00371. The topological polar surface area (TPSA) is 242 Å². The van der Waals surface area contributed by atoms with Crippen molar-refractivity contribution in [2.45, 2.75) is 51.2 Å². The molecule has 53 heavy (non-hydrogen) atoms. The minimum atomic E-state index is -4.37. The number of carbonyl (C=O) groups excluding carboxylic acids is 6. The number of hydrogen-bond donors (Lipinski definition) is 5. The lowest BCUT2D eigenvalue weighted by Gasteiger charge is -2.28. The maximum atomic E-state index is 15.4. The molecular formula is C33H30FN9O9S. The Balaban J connectivity index is 1.00. The van der Waals surface area contributed by atoms with Gasteiger partial charge in [0.25, 0.3) is 17.7 Å². The largest absolute Gasteiger partial charge is 0.506 e. The van der Waals surface area contributed by atoms with Gasteiger partial charge in [-0.05, 0) is 62.1 Å². The molecule has 0 spiro atoms. The van der Waals surface area contributed by atoms with Crippen LogP contribution in [0, 0.1) is 5.82 Å². The summed E-state index contributed by atoms with van der Waals surface area (Å²) in [6.07, 6.45) is 1.57. The lowest BCUT2D eigenvalue weighted by Crippen LogP contribution is -2.54. The first-order valence-electron chi connectivity index (χ1n) is 16.2. The van der Waals surface area contributed by atoms with Gasteiger partial charge in [0.2, 0.25) is 17.7 Å². The molecule has 4 aromatic rings. The predicted octanol–water partition coefficient (Wildman–Crippen LogP) is 1.23. The van der Waals surface area contributed by atoms with Gasteiger partial charge in [0.05, 0.1) is 29.4 Å². The smallest absolute Gasteiger partial charge is 0.326 e. The molecule has 2 fully saturated rings. The third-order valence-electron chi connectivity index (χ3n) is 9.05. The monoisotopic (exact) mass is 747 g/mol. The van der Waals surface area contributed by atoms with Gasteiger partial charge in [0.1, 0.15) is 29.7 Å². The van der Waals surface area contributed by atoms with Crippen molar-refractivity contribution in [3.63, 3.8) is 0 Å². The van der Waals surface area contributed by atoms with Crippen LogP contribution in [0.15, 0.2) is 48.7 Å². The molecule has 5 N–H and O–H groups in total. The lowest BCUT2D eigenvalue weighted by atomic mass is 9.99. The summed E-state index contributed by atoms with van der Waals surface area (Å²) in [6, 6.07) is 8.82. The van der Waals surface area contributed by atoms with E-state index in [4.69, 9.17) is 0 Å². The number of nitrogens with zero attached hydrogens (tertiary/aromatic N) is 5. The Kier molecular flexibility index (Phi) is 8.35. The van der Waals surface area contributed by atoms with Crippen LogP contribution in [-0.2, 0) is 41.5 Å². The molecule has 3 aliphatic heterocycles. The third-order valence-corrected chi connectivity index (χ3v) is 10.4. The number of amides is 6. The number of aryl methyl sites for hydroxylation is 1. The molecule has 3 aliphatic rings. The Morgan fingerprint density at radius 2 is 1.85 bits per heavy atom. The van der Waals surface area contributed by atoms with Crippen LogP contribution in [0.5, 0.6) is 5.75 Å². The molecule has 18 nitrogen and oxygen atoms in total. The first kappa shape index (κ1) is 35.0. The molecule has 1 unspecified atom stereocenters. The zero-order chi connectivity index (χ0) is 38.0. The van der Waals surface area contributed by atoms with Crippen LogP contribution in [0.3, 0.4) is 0 Å². The number of imide groups is 2. The van der Waals surface area contributed by atoms with Crippen molar-refractivity contribution in [2.24, 2.45) is 0 Å². The minimum Gasteiger partial charge on any atom is -0.506 e. The SMILES string of the molecule is CC(C)(Nc1cccc2c1C(=O)N(C1CCC(=O)NC1=O)C2=O)c1cn(CCC(=O)Nc2ccc3c(F)c(N4CC(=O)NS4(=O)=O)c(O)cc3c2)nn1. The van der Waals surface area contributed by atoms with Gasteiger partial charge in [-0.25, -0.2) is 13.4 Å². The zero-order valence-corrected chi connectivity index (χ0v) is 28.8. The average Bonchev–Trinajstić information content (AvgIpc) is 3.74. The summed E-state index contributed by atoms with van der Waals surface area (Å²) in [5, 5.41) is 27.0. The van der Waals surface area contributed by atoms with E-state index in [1.165, 1.54) is 28.9 Å².